The summed E-state index contributed by atoms with van der Waals surface area (Å²) in [6.45, 7) is 5.38. The van der Waals surface area contributed by atoms with Gasteiger partial charge >= 0.3 is 0 Å². The average Bonchev–Trinajstić information content (AvgIpc) is 2.46. The summed E-state index contributed by atoms with van der Waals surface area (Å²) in [5.41, 5.74) is 7.18. The van der Waals surface area contributed by atoms with E-state index in [1.54, 1.807) is 0 Å². The number of rotatable bonds is 4. The van der Waals surface area contributed by atoms with Gasteiger partial charge in [0.15, 0.2) is 0 Å². The van der Waals surface area contributed by atoms with E-state index in [0.29, 0.717) is 19.5 Å². The van der Waals surface area contributed by atoms with Crippen LogP contribution in [0.4, 0.5) is 0 Å². The molecule has 0 spiro atoms. The highest BCUT2D eigenvalue weighted by atomic mass is 35.5. The van der Waals surface area contributed by atoms with Gasteiger partial charge in [-0.1, -0.05) is 37.3 Å². The Morgan fingerprint density at radius 2 is 2.05 bits per heavy atom. The van der Waals surface area contributed by atoms with Crippen LogP contribution in [-0.4, -0.2) is 42.1 Å². The third-order valence-electron chi connectivity index (χ3n) is 3.71. The van der Waals surface area contributed by atoms with Crippen molar-refractivity contribution >= 4 is 18.3 Å². The number of nitrogens with two attached hydrogens (primary N) is 1. The fraction of sp³-hybridized carbons (Fsp3) is 0.562. The molecule has 2 N–H and O–H groups in total. The maximum atomic E-state index is 12.5. The average molecular weight is 313 g/mol. The molecule has 118 valence electrons. The van der Waals surface area contributed by atoms with Gasteiger partial charge < -0.3 is 15.4 Å². The number of hydrogen-bond donors (Lipinski definition) is 1. The first-order valence-electron chi connectivity index (χ1n) is 7.34. The van der Waals surface area contributed by atoms with Crippen molar-refractivity contribution in [1.82, 2.24) is 4.90 Å². The molecule has 3 unspecified atom stereocenters. The molecular formula is C16H25ClN2O2. The number of benzene rings is 1. The lowest BCUT2D eigenvalue weighted by atomic mass is 10.0. The number of amides is 1. The zero-order valence-corrected chi connectivity index (χ0v) is 13.5. The van der Waals surface area contributed by atoms with Crippen molar-refractivity contribution in [1.29, 1.82) is 0 Å². The van der Waals surface area contributed by atoms with Crippen LogP contribution in [-0.2, 0) is 16.0 Å². The molecule has 1 amide bonds. The molecule has 1 saturated heterocycles. The second kappa shape index (κ2) is 8.37. The molecule has 0 aliphatic carbocycles. The minimum atomic E-state index is -0.472. The van der Waals surface area contributed by atoms with Gasteiger partial charge in [0.25, 0.3) is 0 Å². The van der Waals surface area contributed by atoms with Crippen molar-refractivity contribution in [2.75, 3.05) is 13.1 Å². The lowest BCUT2D eigenvalue weighted by molar-refractivity contribution is -0.145. The van der Waals surface area contributed by atoms with Gasteiger partial charge in [0, 0.05) is 13.1 Å². The predicted molar refractivity (Wildman–Crippen MR) is 86.6 cm³/mol. The largest absolute Gasteiger partial charge is 0.372 e. The fourth-order valence-electron chi connectivity index (χ4n) is 2.64. The van der Waals surface area contributed by atoms with E-state index in [-0.39, 0.29) is 30.5 Å². The van der Waals surface area contributed by atoms with Crippen LogP contribution in [0.15, 0.2) is 30.3 Å². The minimum Gasteiger partial charge on any atom is -0.372 e. The van der Waals surface area contributed by atoms with Crippen molar-refractivity contribution in [2.45, 2.75) is 44.9 Å². The van der Waals surface area contributed by atoms with Gasteiger partial charge in [-0.15, -0.1) is 12.4 Å². The SMILES string of the molecule is CCC1CN(C(=O)C(N)Cc2ccccc2)CC(C)O1.Cl. The van der Waals surface area contributed by atoms with Crippen LogP contribution >= 0.6 is 12.4 Å². The maximum Gasteiger partial charge on any atom is 0.240 e. The van der Waals surface area contributed by atoms with E-state index in [4.69, 9.17) is 10.5 Å². The quantitative estimate of drug-likeness (QED) is 0.925. The molecule has 1 aromatic carbocycles. The van der Waals surface area contributed by atoms with Crippen LogP contribution < -0.4 is 5.73 Å². The fourth-order valence-corrected chi connectivity index (χ4v) is 2.64. The summed E-state index contributed by atoms with van der Waals surface area (Å²) in [6, 6.07) is 9.44. The molecule has 1 aliphatic rings. The highest BCUT2D eigenvalue weighted by Gasteiger charge is 2.30. The summed E-state index contributed by atoms with van der Waals surface area (Å²) < 4.78 is 5.78. The van der Waals surface area contributed by atoms with Crippen molar-refractivity contribution in [3.05, 3.63) is 35.9 Å². The van der Waals surface area contributed by atoms with Crippen LogP contribution in [0.2, 0.25) is 0 Å². The Morgan fingerprint density at radius 3 is 2.67 bits per heavy atom. The van der Waals surface area contributed by atoms with Gasteiger partial charge in [-0.2, -0.15) is 0 Å². The molecule has 0 saturated carbocycles. The Kier molecular flexibility index (Phi) is 7.15. The molecule has 1 aliphatic heterocycles. The van der Waals surface area contributed by atoms with Gasteiger partial charge in [-0.25, -0.2) is 0 Å². The van der Waals surface area contributed by atoms with Crippen LogP contribution in [0.1, 0.15) is 25.8 Å². The zero-order chi connectivity index (χ0) is 14.5. The lowest BCUT2D eigenvalue weighted by Gasteiger charge is -2.37. The normalized spacial score (nSPS) is 23.3. The first-order valence-corrected chi connectivity index (χ1v) is 7.34. The summed E-state index contributed by atoms with van der Waals surface area (Å²) >= 11 is 0. The number of carbonyl (C=O) groups excluding carboxylic acids is 1. The Hall–Kier alpha value is -1.10. The minimum absolute atomic E-state index is 0. The smallest absolute Gasteiger partial charge is 0.240 e. The number of nitrogens with zero attached hydrogens (tertiary/aromatic N) is 1. The van der Waals surface area contributed by atoms with Gasteiger partial charge in [0.1, 0.15) is 0 Å². The molecular weight excluding hydrogens is 288 g/mol. The molecule has 1 heterocycles. The van der Waals surface area contributed by atoms with Crippen molar-refractivity contribution in [3.63, 3.8) is 0 Å². The Balaban J connectivity index is 0.00000220. The van der Waals surface area contributed by atoms with E-state index in [1.807, 2.05) is 42.2 Å². The van der Waals surface area contributed by atoms with E-state index in [0.717, 1.165) is 12.0 Å². The number of morpholine rings is 1. The van der Waals surface area contributed by atoms with Crippen molar-refractivity contribution < 1.29 is 9.53 Å². The Labute approximate surface area is 133 Å². The molecule has 1 fully saturated rings. The van der Waals surface area contributed by atoms with Crippen LogP contribution in [0.3, 0.4) is 0 Å². The number of hydrogen-bond acceptors (Lipinski definition) is 3. The number of ether oxygens (including phenoxy) is 1. The summed E-state index contributed by atoms with van der Waals surface area (Å²) in [7, 11) is 0. The molecule has 2 rings (SSSR count). The summed E-state index contributed by atoms with van der Waals surface area (Å²) in [5.74, 6) is 0.0300. The molecule has 21 heavy (non-hydrogen) atoms. The number of halogens is 1. The van der Waals surface area contributed by atoms with E-state index >= 15 is 0 Å². The van der Waals surface area contributed by atoms with E-state index in [2.05, 4.69) is 6.92 Å². The highest BCUT2D eigenvalue weighted by Crippen LogP contribution is 2.15. The maximum absolute atomic E-state index is 12.5. The summed E-state index contributed by atoms with van der Waals surface area (Å²) in [4.78, 5) is 14.3. The van der Waals surface area contributed by atoms with Crippen LogP contribution in [0.25, 0.3) is 0 Å². The molecule has 4 nitrogen and oxygen atoms in total. The van der Waals surface area contributed by atoms with Gasteiger partial charge in [0.2, 0.25) is 5.91 Å². The second-order valence-electron chi connectivity index (χ2n) is 5.52. The topological polar surface area (TPSA) is 55.6 Å². The third-order valence-corrected chi connectivity index (χ3v) is 3.71. The monoisotopic (exact) mass is 312 g/mol. The van der Waals surface area contributed by atoms with Gasteiger partial charge in [-0.05, 0) is 25.3 Å². The van der Waals surface area contributed by atoms with Crippen molar-refractivity contribution in [3.8, 4) is 0 Å². The molecule has 1 aromatic rings. The molecule has 0 aromatic heterocycles. The zero-order valence-electron chi connectivity index (χ0n) is 12.7. The first kappa shape index (κ1) is 18.0. The molecule has 0 bridgehead atoms. The molecule has 3 atom stereocenters. The summed E-state index contributed by atoms with van der Waals surface area (Å²) in [6.07, 6.45) is 1.72. The molecule has 0 radical (unpaired) electrons. The summed E-state index contributed by atoms with van der Waals surface area (Å²) in [5, 5.41) is 0. The van der Waals surface area contributed by atoms with E-state index in [1.165, 1.54) is 0 Å². The third kappa shape index (κ3) is 4.99. The first-order chi connectivity index (χ1) is 9.60. The lowest BCUT2D eigenvalue weighted by Crippen LogP contribution is -2.54. The van der Waals surface area contributed by atoms with Gasteiger partial charge in [0.05, 0.1) is 18.2 Å². The molecule has 5 heteroatoms. The predicted octanol–water partition coefficient (Wildman–Crippen LogP) is 2.00. The van der Waals surface area contributed by atoms with Crippen molar-refractivity contribution in [2.24, 2.45) is 5.73 Å². The second-order valence-corrected chi connectivity index (χ2v) is 5.52. The van der Waals surface area contributed by atoms with E-state index < -0.39 is 6.04 Å². The highest BCUT2D eigenvalue weighted by molar-refractivity contribution is 5.85. The number of carbonyl (C=O) groups is 1. The van der Waals surface area contributed by atoms with Crippen LogP contribution in [0, 0.1) is 0 Å². The Bertz CT molecular complexity index is 441. The van der Waals surface area contributed by atoms with Gasteiger partial charge in [-0.3, -0.25) is 4.79 Å². The standard InChI is InChI=1S/C16H24N2O2.ClH/c1-3-14-11-18(10-12(2)20-14)16(19)15(17)9-13-7-5-4-6-8-13;/h4-8,12,14-15H,3,9-11,17H2,1-2H3;1H. The van der Waals surface area contributed by atoms with E-state index in [9.17, 15) is 4.79 Å². The Morgan fingerprint density at radius 1 is 1.38 bits per heavy atom. The van der Waals surface area contributed by atoms with Crippen LogP contribution in [0.5, 0.6) is 0 Å².